The molecule has 29 heavy (non-hydrogen) atoms. The lowest BCUT2D eigenvalue weighted by molar-refractivity contribution is -0.118. The summed E-state index contributed by atoms with van der Waals surface area (Å²) >= 11 is 0. The zero-order valence-electron chi connectivity index (χ0n) is 16.8. The molecule has 0 bridgehead atoms. The summed E-state index contributed by atoms with van der Waals surface area (Å²) in [5.41, 5.74) is 0.867. The van der Waals surface area contributed by atoms with Gasteiger partial charge in [-0.05, 0) is 43.6 Å². The number of sulfonamides is 1. The van der Waals surface area contributed by atoms with Crippen LogP contribution in [0.4, 0.5) is 4.79 Å². The van der Waals surface area contributed by atoms with Crippen molar-refractivity contribution in [2.24, 2.45) is 5.92 Å². The van der Waals surface area contributed by atoms with E-state index < -0.39 is 10.0 Å². The summed E-state index contributed by atoms with van der Waals surface area (Å²) in [6.45, 7) is 3.18. The quantitative estimate of drug-likeness (QED) is 0.329. The van der Waals surface area contributed by atoms with Crippen LogP contribution in [0.3, 0.4) is 0 Å². The van der Waals surface area contributed by atoms with Crippen LogP contribution in [0.25, 0.3) is 0 Å². The molecule has 10 heteroatoms. The normalized spacial score (nSPS) is 18.2. The van der Waals surface area contributed by atoms with Crippen LogP contribution >= 0.6 is 0 Å². The molecule has 1 aromatic rings. The third-order valence-electron chi connectivity index (χ3n) is 5.19. The molecule has 2 fully saturated rings. The largest absolute Gasteiger partial charge is 0.479 e. The number of imide groups is 1. The van der Waals surface area contributed by atoms with Gasteiger partial charge in [-0.15, -0.1) is 0 Å². The number of nitrogens with one attached hydrogen (secondary N) is 3. The van der Waals surface area contributed by atoms with Crippen LogP contribution in [-0.2, 0) is 14.8 Å². The van der Waals surface area contributed by atoms with E-state index >= 15 is 0 Å². The number of aromatic nitrogens is 1. The summed E-state index contributed by atoms with van der Waals surface area (Å²) in [5.74, 6) is 1.07. The molecule has 3 rings (SSSR count). The topological polar surface area (TPSA) is 121 Å². The van der Waals surface area contributed by atoms with Crippen molar-refractivity contribution in [1.29, 1.82) is 0 Å². The predicted molar refractivity (Wildman–Crippen MR) is 108 cm³/mol. The van der Waals surface area contributed by atoms with Crippen LogP contribution in [-0.4, -0.2) is 55.7 Å². The van der Waals surface area contributed by atoms with Gasteiger partial charge in [0.2, 0.25) is 15.9 Å². The molecule has 162 valence electrons. The zero-order chi connectivity index (χ0) is 20.9. The summed E-state index contributed by atoms with van der Waals surface area (Å²) < 4.78 is 33.4. The molecule has 9 nitrogen and oxygen atoms in total. The highest BCUT2D eigenvalue weighted by Gasteiger charge is 2.26. The minimum absolute atomic E-state index is 0.0318. The minimum Gasteiger partial charge on any atom is -0.479 e. The maximum absolute atomic E-state index is 12.4. The molecule has 0 radical (unpaired) electrons. The number of H-pyrrole nitrogens is 1. The van der Waals surface area contributed by atoms with Gasteiger partial charge in [-0.25, -0.2) is 17.9 Å². The Kier molecular flexibility index (Phi) is 7.18. The van der Waals surface area contributed by atoms with Crippen molar-refractivity contribution < 1.29 is 22.7 Å². The molecule has 1 atom stereocenters. The fourth-order valence-corrected chi connectivity index (χ4v) is 4.70. The Hall–Kier alpha value is -2.07. The van der Waals surface area contributed by atoms with E-state index in [1.54, 1.807) is 6.20 Å². The number of urea groups is 1. The molecular formula is C19H30N4O5S. The number of hydrogen-bond donors (Lipinski definition) is 3. The van der Waals surface area contributed by atoms with E-state index in [1.807, 2.05) is 13.0 Å². The standard InChI is InChI=1S/C19H30N4O5S/c1-2-16(15-10-18(20-11-15)28-13-14-6-7-14)22-29(26,27)9-5-3-4-8-23-12-17(24)21-19(23)25/h10-11,14,16,20,22H,2-9,12-13H2,1H3,(H,21,24,25). The van der Waals surface area contributed by atoms with Gasteiger partial charge in [0.15, 0.2) is 5.88 Å². The Bertz CT molecular complexity index is 818. The molecule has 1 saturated carbocycles. The second-order valence-electron chi connectivity index (χ2n) is 7.78. The highest BCUT2D eigenvalue weighted by atomic mass is 32.2. The van der Waals surface area contributed by atoms with Gasteiger partial charge in [0.05, 0.1) is 12.4 Å². The molecule has 0 aromatic carbocycles. The van der Waals surface area contributed by atoms with Gasteiger partial charge in [-0.3, -0.25) is 10.1 Å². The SMILES string of the molecule is CCC(NS(=O)(=O)CCCCCN1CC(=O)NC1=O)c1c[nH]c(OCC2CC2)c1. The number of aromatic amines is 1. The zero-order valence-corrected chi connectivity index (χ0v) is 17.6. The van der Waals surface area contributed by atoms with Crippen molar-refractivity contribution >= 4 is 22.0 Å². The van der Waals surface area contributed by atoms with Crippen LogP contribution in [0.5, 0.6) is 5.88 Å². The number of ether oxygens (including phenoxy) is 1. The van der Waals surface area contributed by atoms with Gasteiger partial charge in [0, 0.05) is 24.8 Å². The third kappa shape index (κ3) is 6.74. The van der Waals surface area contributed by atoms with Crippen LogP contribution in [0.15, 0.2) is 12.3 Å². The third-order valence-corrected chi connectivity index (χ3v) is 6.66. The average molecular weight is 427 g/mol. The first kappa shape index (κ1) is 21.6. The van der Waals surface area contributed by atoms with Gasteiger partial charge >= 0.3 is 6.03 Å². The van der Waals surface area contributed by atoms with Crippen molar-refractivity contribution in [3.63, 3.8) is 0 Å². The van der Waals surface area contributed by atoms with Gasteiger partial charge in [0.25, 0.3) is 0 Å². The number of rotatable bonds is 13. The second-order valence-corrected chi connectivity index (χ2v) is 9.66. The highest BCUT2D eigenvalue weighted by Crippen LogP contribution is 2.30. The maximum Gasteiger partial charge on any atom is 0.324 e. The van der Waals surface area contributed by atoms with Crippen molar-refractivity contribution in [1.82, 2.24) is 19.9 Å². The van der Waals surface area contributed by atoms with E-state index in [1.165, 1.54) is 17.7 Å². The molecular weight excluding hydrogens is 396 g/mol. The molecule has 1 saturated heterocycles. The fourth-order valence-electron chi connectivity index (χ4n) is 3.26. The molecule has 3 N–H and O–H groups in total. The van der Waals surface area contributed by atoms with E-state index in [-0.39, 0.29) is 30.3 Å². The summed E-state index contributed by atoms with van der Waals surface area (Å²) in [5, 5.41) is 2.22. The van der Waals surface area contributed by atoms with Crippen LogP contribution in [0, 0.1) is 5.92 Å². The number of carbonyl (C=O) groups is 2. The summed E-state index contributed by atoms with van der Waals surface area (Å²) in [7, 11) is -3.42. The van der Waals surface area contributed by atoms with E-state index in [0.29, 0.717) is 50.6 Å². The predicted octanol–water partition coefficient (Wildman–Crippen LogP) is 1.90. The van der Waals surface area contributed by atoms with E-state index in [0.717, 1.165) is 5.56 Å². The Morgan fingerprint density at radius 1 is 1.28 bits per heavy atom. The summed E-state index contributed by atoms with van der Waals surface area (Å²) in [4.78, 5) is 27.1. The molecule has 1 aliphatic carbocycles. The van der Waals surface area contributed by atoms with Gasteiger partial charge in [0.1, 0.15) is 6.54 Å². The van der Waals surface area contributed by atoms with E-state index in [9.17, 15) is 18.0 Å². The smallest absolute Gasteiger partial charge is 0.324 e. The monoisotopic (exact) mass is 426 g/mol. The van der Waals surface area contributed by atoms with Crippen molar-refractivity contribution in [2.45, 2.75) is 51.5 Å². The molecule has 1 aliphatic heterocycles. The number of unbranched alkanes of at least 4 members (excludes halogenated alkanes) is 2. The molecule has 1 unspecified atom stereocenters. The Morgan fingerprint density at radius 2 is 2.07 bits per heavy atom. The molecule has 2 heterocycles. The first-order chi connectivity index (χ1) is 13.9. The van der Waals surface area contributed by atoms with Gasteiger partial charge in [-0.1, -0.05) is 13.3 Å². The molecule has 3 amide bonds. The van der Waals surface area contributed by atoms with Crippen molar-refractivity contribution in [2.75, 3.05) is 25.4 Å². The molecule has 1 aromatic heterocycles. The van der Waals surface area contributed by atoms with Gasteiger partial charge in [-0.2, -0.15) is 0 Å². The number of hydrogen-bond acceptors (Lipinski definition) is 5. The summed E-state index contributed by atoms with van der Waals surface area (Å²) in [6.07, 6.45) is 6.69. The Labute approximate surface area is 171 Å². The number of amides is 3. The van der Waals surface area contributed by atoms with E-state index in [2.05, 4.69) is 15.0 Å². The summed E-state index contributed by atoms with van der Waals surface area (Å²) in [6, 6.07) is 1.19. The molecule has 2 aliphatic rings. The minimum atomic E-state index is -3.42. The number of carbonyl (C=O) groups excluding carboxylic acids is 2. The lowest BCUT2D eigenvalue weighted by atomic mass is 10.1. The Balaban J connectivity index is 1.39. The second kappa shape index (κ2) is 9.62. The van der Waals surface area contributed by atoms with Crippen LogP contribution in [0.1, 0.15) is 57.1 Å². The highest BCUT2D eigenvalue weighted by molar-refractivity contribution is 7.89. The number of nitrogens with zero attached hydrogens (tertiary/aromatic N) is 1. The van der Waals surface area contributed by atoms with Crippen molar-refractivity contribution in [3.05, 3.63) is 17.8 Å². The van der Waals surface area contributed by atoms with Crippen LogP contribution in [0.2, 0.25) is 0 Å². The van der Waals surface area contributed by atoms with E-state index in [4.69, 9.17) is 4.74 Å². The Morgan fingerprint density at radius 3 is 2.72 bits per heavy atom. The first-order valence-corrected chi connectivity index (χ1v) is 11.9. The molecule has 0 spiro atoms. The fraction of sp³-hybridized carbons (Fsp3) is 0.684. The lowest BCUT2D eigenvalue weighted by Gasteiger charge is -2.16. The average Bonchev–Trinajstić information content (AvgIpc) is 3.29. The lowest BCUT2D eigenvalue weighted by Crippen LogP contribution is -2.30. The van der Waals surface area contributed by atoms with Gasteiger partial charge < -0.3 is 14.6 Å². The van der Waals surface area contributed by atoms with Crippen LogP contribution < -0.4 is 14.8 Å². The maximum atomic E-state index is 12.4. The first-order valence-electron chi connectivity index (χ1n) is 10.3. The van der Waals surface area contributed by atoms with Crippen molar-refractivity contribution in [3.8, 4) is 5.88 Å².